The van der Waals surface area contributed by atoms with Crippen molar-refractivity contribution >= 4 is 29.9 Å². The number of methoxy groups -OCH3 is 1. The van der Waals surface area contributed by atoms with E-state index in [0.717, 1.165) is 49.9 Å². The van der Waals surface area contributed by atoms with Crippen molar-refractivity contribution < 1.29 is 13.7 Å². The highest BCUT2D eigenvalue weighted by atomic mass is 127. The van der Waals surface area contributed by atoms with Crippen molar-refractivity contribution in [2.75, 3.05) is 40.3 Å². The summed E-state index contributed by atoms with van der Waals surface area (Å²) >= 11 is 0. The molecule has 9 heteroatoms. The predicted octanol–water partition coefficient (Wildman–Crippen LogP) is 2.47. The minimum absolute atomic E-state index is 0. The number of aromatic nitrogens is 1. The van der Waals surface area contributed by atoms with Crippen LogP contribution in [0.4, 0.5) is 4.39 Å². The third kappa shape index (κ3) is 6.14. The van der Waals surface area contributed by atoms with Gasteiger partial charge in [0.15, 0.2) is 5.96 Å². The second-order valence-electron chi connectivity index (χ2n) is 6.51. The maximum atomic E-state index is 13.7. The van der Waals surface area contributed by atoms with Gasteiger partial charge in [-0.05, 0) is 17.7 Å². The summed E-state index contributed by atoms with van der Waals surface area (Å²) in [6.45, 7) is 5.29. The second-order valence-corrected chi connectivity index (χ2v) is 6.51. The molecule has 2 aromatic rings. The van der Waals surface area contributed by atoms with Gasteiger partial charge in [-0.1, -0.05) is 11.2 Å². The summed E-state index contributed by atoms with van der Waals surface area (Å²) in [5, 5.41) is 7.34. The standard InChI is InChI=1S/C19H26FN5O2.HI/c1-21-19(22-12-15-3-4-18(20)16(11-15)14-26-2)25-8-6-24(7-9-25)13-17-5-10-27-23-17;/h3-5,10-11H,6-9,12-14H2,1-2H3,(H,21,22);1H. The van der Waals surface area contributed by atoms with E-state index in [1.54, 1.807) is 26.5 Å². The lowest BCUT2D eigenvalue weighted by molar-refractivity contribution is 0.169. The zero-order valence-corrected chi connectivity index (χ0v) is 18.6. The van der Waals surface area contributed by atoms with Crippen LogP contribution in [0.5, 0.6) is 0 Å². The summed E-state index contributed by atoms with van der Waals surface area (Å²) in [5.74, 6) is 0.613. The van der Waals surface area contributed by atoms with Crippen LogP contribution >= 0.6 is 24.0 Å². The Morgan fingerprint density at radius 2 is 2.07 bits per heavy atom. The van der Waals surface area contributed by atoms with E-state index < -0.39 is 0 Å². The van der Waals surface area contributed by atoms with Crippen molar-refractivity contribution in [1.29, 1.82) is 0 Å². The van der Waals surface area contributed by atoms with Gasteiger partial charge in [0, 0.05) is 65.1 Å². The number of hydrogen-bond donors (Lipinski definition) is 1. The van der Waals surface area contributed by atoms with E-state index >= 15 is 0 Å². The van der Waals surface area contributed by atoms with Crippen molar-refractivity contribution in [3.8, 4) is 0 Å². The minimum Gasteiger partial charge on any atom is -0.380 e. The van der Waals surface area contributed by atoms with Crippen LogP contribution in [0.2, 0.25) is 0 Å². The summed E-state index contributed by atoms with van der Waals surface area (Å²) in [7, 11) is 3.35. The summed E-state index contributed by atoms with van der Waals surface area (Å²) < 4.78 is 23.7. The van der Waals surface area contributed by atoms with Crippen LogP contribution in [-0.2, 0) is 24.4 Å². The summed E-state index contributed by atoms with van der Waals surface area (Å²) in [5.41, 5.74) is 2.51. The van der Waals surface area contributed by atoms with Gasteiger partial charge in [-0.2, -0.15) is 0 Å². The quantitative estimate of drug-likeness (QED) is 0.372. The summed E-state index contributed by atoms with van der Waals surface area (Å²) in [6, 6.07) is 6.99. The molecule has 1 N–H and O–H groups in total. The molecule has 0 radical (unpaired) electrons. The van der Waals surface area contributed by atoms with Crippen LogP contribution in [0, 0.1) is 5.82 Å². The molecule has 154 valence electrons. The van der Waals surface area contributed by atoms with Gasteiger partial charge in [-0.3, -0.25) is 9.89 Å². The molecule has 0 unspecified atom stereocenters. The van der Waals surface area contributed by atoms with Crippen LogP contribution in [-0.4, -0.2) is 61.3 Å². The van der Waals surface area contributed by atoms with Gasteiger partial charge < -0.3 is 19.5 Å². The molecule has 1 aromatic carbocycles. The van der Waals surface area contributed by atoms with Crippen molar-refractivity contribution in [3.63, 3.8) is 0 Å². The highest BCUT2D eigenvalue weighted by Crippen LogP contribution is 2.12. The Kier molecular flexibility index (Phi) is 9.13. The lowest BCUT2D eigenvalue weighted by Gasteiger charge is -2.36. The van der Waals surface area contributed by atoms with E-state index in [1.807, 2.05) is 12.1 Å². The fourth-order valence-electron chi connectivity index (χ4n) is 3.18. The maximum absolute atomic E-state index is 13.7. The van der Waals surface area contributed by atoms with Crippen LogP contribution in [0.25, 0.3) is 0 Å². The third-order valence-electron chi connectivity index (χ3n) is 4.62. The maximum Gasteiger partial charge on any atom is 0.194 e. The number of ether oxygens (including phenoxy) is 1. The van der Waals surface area contributed by atoms with Gasteiger partial charge in [0.2, 0.25) is 0 Å². The number of aliphatic imine (C=N–C) groups is 1. The molecule has 0 amide bonds. The lowest BCUT2D eigenvalue weighted by Crippen LogP contribution is -2.52. The molecule has 0 atom stereocenters. The van der Waals surface area contributed by atoms with E-state index in [4.69, 9.17) is 9.26 Å². The first kappa shape index (κ1) is 22.6. The molecule has 28 heavy (non-hydrogen) atoms. The molecule has 0 spiro atoms. The first-order valence-electron chi connectivity index (χ1n) is 9.03. The van der Waals surface area contributed by atoms with Gasteiger partial charge in [-0.25, -0.2) is 4.39 Å². The normalized spacial score (nSPS) is 15.4. The van der Waals surface area contributed by atoms with Crippen LogP contribution in [0.1, 0.15) is 16.8 Å². The molecule has 1 aliphatic rings. The fourth-order valence-corrected chi connectivity index (χ4v) is 3.18. The van der Waals surface area contributed by atoms with Crippen LogP contribution < -0.4 is 5.32 Å². The number of benzene rings is 1. The van der Waals surface area contributed by atoms with Gasteiger partial charge in [0.25, 0.3) is 0 Å². The Morgan fingerprint density at radius 1 is 1.29 bits per heavy atom. The zero-order valence-electron chi connectivity index (χ0n) is 16.2. The average Bonchev–Trinajstić information content (AvgIpc) is 3.19. The molecule has 1 fully saturated rings. The number of guanidine groups is 1. The van der Waals surface area contributed by atoms with Crippen molar-refractivity contribution in [2.45, 2.75) is 19.7 Å². The van der Waals surface area contributed by atoms with Crippen molar-refractivity contribution in [1.82, 2.24) is 20.3 Å². The van der Waals surface area contributed by atoms with E-state index in [0.29, 0.717) is 12.1 Å². The van der Waals surface area contributed by atoms with Gasteiger partial charge in [0.05, 0.1) is 12.3 Å². The fraction of sp³-hybridized carbons (Fsp3) is 0.474. The van der Waals surface area contributed by atoms with Gasteiger partial charge in [-0.15, -0.1) is 24.0 Å². The Labute approximate surface area is 181 Å². The SMILES string of the molecule is CN=C(NCc1ccc(F)c(COC)c1)N1CCN(Cc2ccon2)CC1.I. The molecule has 1 aliphatic heterocycles. The highest BCUT2D eigenvalue weighted by molar-refractivity contribution is 14.0. The molecule has 0 saturated carbocycles. The molecule has 2 heterocycles. The predicted molar refractivity (Wildman–Crippen MR) is 116 cm³/mol. The molecule has 0 aliphatic carbocycles. The average molecular weight is 503 g/mol. The van der Waals surface area contributed by atoms with E-state index in [1.165, 1.54) is 6.07 Å². The number of rotatable bonds is 6. The van der Waals surface area contributed by atoms with Gasteiger partial charge in [0.1, 0.15) is 12.1 Å². The third-order valence-corrected chi connectivity index (χ3v) is 4.62. The smallest absolute Gasteiger partial charge is 0.194 e. The Morgan fingerprint density at radius 3 is 2.71 bits per heavy atom. The number of hydrogen-bond acceptors (Lipinski definition) is 5. The first-order valence-corrected chi connectivity index (χ1v) is 9.03. The van der Waals surface area contributed by atoms with Gasteiger partial charge >= 0.3 is 0 Å². The van der Waals surface area contributed by atoms with Crippen LogP contribution in [0.15, 0.2) is 40.0 Å². The lowest BCUT2D eigenvalue weighted by atomic mass is 10.1. The van der Waals surface area contributed by atoms with E-state index in [9.17, 15) is 4.39 Å². The molecule has 1 aromatic heterocycles. The molecule has 1 saturated heterocycles. The number of nitrogens with one attached hydrogen (secondary N) is 1. The Balaban J connectivity index is 0.00000280. The van der Waals surface area contributed by atoms with Crippen molar-refractivity contribution in [2.24, 2.45) is 4.99 Å². The molecular formula is C19H27FIN5O2. The van der Waals surface area contributed by atoms with Crippen LogP contribution in [0.3, 0.4) is 0 Å². The molecule has 7 nitrogen and oxygen atoms in total. The highest BCUT2D eigenvalue weighted by Gasteiger charge is 2.20. The number of nitrogens with zero attached hydrogens (tertiary/aromatic N) is 4. The largest absolute Gasteiger partial charge is 0.380 e. The zero-order chi connectivity index (χ0) is 19.1. The molecular weight excluding hydrogens is 476 g/mol. The monoisotopic (exact) mass is 503 g/mol. The molecule has 0 bridgehead atoms. The van der Waals surface area contributed by atoms with E-state index in [-0.39, 0.29) is 36.4 Å². The number of piperazine rings is 1. The second kappa shape index (κ2) is 11.3. The molecule has 3 rings (SSSR count). The Bertz CT molecular complexity index is 749. The number of halogens is 2. The first-order chi connectivity index (χ1) is 13.2. The topological polar surface area (TPSA) is 66.1 Å². The summed E-state index contributed by atoms with van der Waals surface area (Å²) in [6.07, 6.45) is 1.60. The van der Waals surface area contributed by atoms with Crippen molar-refractivity contribution in [3.05, 3.63) is 53.2 Å². The van der Waals surface area contributed by atoms with E-state index in [2.05, 4.69) is 25.3 Å². The Hall–Kier alpha value is -1.72. The summed E-state index contributed by atoms with van der Waals surface area (Å²) in [4.78, 5) is 8.97. The minimum atomic E-state index is -0.242.